The van der Waals surface area contributed by atoms with Gasteiger partial charge in [-0.2, -0.15) is 4.98 Å². The Kier molecular flexibility index (Phi) is 7.02. The monoisotopic (exact) mass is 496 g/mol. The highest BCUT2D eigenvalue weighted by Crippen LogP contribution is 2.24. The van der Waals surface area contributed by atoms with Crippen LogP contribution in [0.2, 0.25) is 0 Å². The standard InChI is InChI=1S/C24H25BrN4O3/c1-17-3-5-18(6-4-17)24-26-22(32-27-24)16-28-11-13-29(14-12-28)23(30)10-7-19-15-20(25)8-9-21(19)31-2/h3-10,15H,11-14,16H2,1-2H3. The van der Waals surface area contributed by atoms with E-state index in [-0.39, 0.29) is 5.91 Å². The molecule has 2 heterocycles. The molecule has 1 amide bonds. The van der Waals surface area contributed by atoms with E-state index >= 15 is 0 Å². The molecule has 0 unspecified atom stereocenters. The molecule has 1 aliphatic heterocycles. The molecule has 0 atom stereocenters. The highest BCUT2D eigenvalue weighted by Gasteiger charge is 2.21. The Morgan fingerprint density at radius 3 is 2.62 bits per heavy atom. The van der Waals surface area contributed by atoms with Crippen LogP contribution in [0.4, 0.5) is 0 Å². The highest BCUT2D eigenvalue weighted by molar-refractivity contribution is 9.10. The topological polar surface area (TPSA) is 71.7 Å². The molecule has 0 radical (unpaired) electrons. The molecular formula is C24H25BrN4O3. The molecule has 8 heteroatoms. The van der Waals surface area contributed by atoms with Crippen LogP contribution in [0.3, 0.4) is 0 Å². The van der Waals surface area contributed by atoms with Crippen molar-refractivity contribution < 1.29 is 14.1 Å². The maximum absolute atomic E-state index is 12.6. The lowest BCUT2D eigenvalue weighted by atomic mass is 10.1. The summed E-state index contributed by atoms with van der Waals surface area (Å²) in [4.78, 5) is 21.2. The zero-order valence-corrected chi connectivity index (χ0v) is 19.7. The fraction of sp³-hybridized carbons (Fsp3) is 0.292. The van der Waals surface area contributed by atoms with E-state index in [9.17, 15) is 4.79 Å². The Balaban J connectivity index is 1.30. The predicted octanol–water partition coefficient (Wildman–Crippen LogP) is 4.17. The first-order valence-electron chi connectivity index (χ1n) is 10.4. The summed E-state index contributed by atoms with van der Waals surface area (Å²) in [6, 6.07) is 13.7. The first kappa shape index (κ1) is 22.2. The number of rotatable bonds is 6. The summed E-state index contributed by atoms with van der Waals surface area (Å²) in [6.07, 6.45) is 3.40. The number of hydrogen-bond donors (Lipinski definition) is 0. The van der Waals surface area contributed by atoms with Gasteiger partial charge >= 0.3 is 0 Å². The van der Waals surface area contributed by atoms with Gasteiger partial charge in [-0.3, -0.25) is 9.69 Å². The average Bonchev–Trinajstić information content (AvgIpc) is 3.27. The van der Waals surface area contributed by atoms with Crippen molar-refractivity contribution in [3.8, 4) is 17.1 Å². The van der Waals surface area contributed by atoms with Crippen molar-refractivity contribution in [3.05, 3.63) is 70.0 Å². The third kappa shape index (κ3) is 5.44. The molecule has 0 spiro atoms. The zero-order chi connectivity index (χ0) is 22.5. The summed E-state index contributed by atoms with van der Waals surface area (Å²) in [7, 11) is 1.62. The van der Waals surface area contributed by atoms with Gasteiger partial charge in [-0.15, -0.1) is 0 Å². The number of piperazine rings is 1. The number of amides is 1. The van der Waals surface area contributed by atoms with Crippen LogP contribution >= 0.6 is 15.9 Å². The number of carbonyl (C=O) groups is 1. The SMILES string of the molecule is COc1ccc(Br)cc1C=CC(=O)N1CCN(Cc2nc(-c3ccc(C)cc3)no2)CC1. The molecule has 1 aliphatic rings. The minimum absolute atomic E-state index is 0.00822. The van der Waals surface area contributed by atoms with Crippen LogP contribution in [0.1, 0.15) is 17.0 Å². The van der Waals surface area contributed by atoms with E-state index in [1.54, 1.807) is 19.3 Å². The maximum Gasteiger partial charge on any atom is 0.246 e. The molecule has 0 aliphatic carbocycles. The number of hydrogen-bond acceptors (Lipinski definition) is 6. The summed E-state index contributed by atoms with van der Waals surface area (Å²) in [5.74, 6) is 1.90. The zero-order valence-electron chi connectivity index (χ0n) is 18.1. The molecule has 2 aromatic carbocycles. The van der Waals surface area contributed by atoms with Crippen molar-refractivity contribution in [1.82, 2.24) is 19.9 Å². The van der Waals surface area contributed by atoms with Gasteiger partial charge in [-0.25, -0.2) is 0 Å². The van der Waals surface area contributed by atoms with Gasteiger partial charge in [0.05, 0.1) is 13.7 Å². The number of halogens is 1. The van der Waals surface area contributed by atoms with Crippen LogP contribution < -0.4 is 4.74 Å². The lowest BCUT2D eigenvalue weighted by Crippen LogP contribution is -2.47. The Morgan fingerprint density at radius 1 is 1.16 bits per heavy atom. The molecule has 3 aromatic rings. The maximum atomic E-state index is 12.6. The van der Waals surface area contributed by atoms with Gasteiger partial charge in [0.25, 0.3) is 0 Å². The van der Waals surface area contributed by atoms with E-state index in [4.69, 9.17) is 9.26 Å². The van der Waals surface area contributed by atoms with Crippen LogP contribution in [0.5, 0.6) is 5.75 Å². The third-order valence-corrected chi connectivity index (χ3v) is 5.91. The van der Waals surface area contributed by atoms with Gasteiger partial charge in [0.15, 0.2) is 0 Å². The predicted molar refractivity (Wildman–Crippen MR) is 126 cm³/mol. The van der Waals surface area contributed by atoms with Crippen molar-refractivity contribution in [2.45, 2.75) is 13.5 Å². The van der Waals surface area contributed by atoms with E-state index in [0.29, 0.717) is 31.3 Å². The fourth-order valence-corrected chi connectivity index (χ4v) is 3.94. The third-order valence-electron chi connectivity index (χ3n) is 5.42. The molecule has 166 valence electrons. The van der Waals surface area contributed by atoms with Gasteiger partial charge in [-0.05, 0) is 31.2 Å². The fourth-order valence-electron chi connectivity index (χ4n) is 3.56. The normalized spacial score (nSPS) is 14.8. The van der Waals surface area contributed by atoms with Gasteiger partial charge in [0, 0.05) is 47.9 Å². The molecule has 32 heavy (non-hydrogen) atoms. The van der Waals surface area contributed by atoms with Gasteiger partial charge < -0.3 is 14.2 Å². The molecular weight excluding hydrogens is 472 g/mol. The van der Waals surface area contributed by atoms with Crippen molar-refractivity contribution in [2.75, 3.05) is 33.3 Å². The molecule has 1 aromatic heterocycles. The van der Waals surface area contributed by atoms with E-state index < -0.39 is 0 Å². The van der Waals surface area contributed by atoms with E-state index in [0.717, 1.165) is 34.4 Å². The summed E-state index contributed by atoms with van der Waals surface area (Å²) < 4.78 is 11.7. The Morgan fingerprint density at radius 2 is 1.91 bits per heavy atom. The average molecular weight is 497 g/mol. The number of nitrogens with zero attached hydrogens (tertiary/aromatic N) is 4. The molecule has 4 rings (SSSR count). The highest BCUT2D eigenvalue weighted by atomic mass is 79.9. The number of carbonyl (C=O) groups excluding carboxylic acids is 1. The molecule has 0 bridgehead atoms. The van der Waals surface area contributed by atoms with Crippen LogP contribution in [-0.4, -0.2) is 59.1 Å². The second-order valence-corrected chi connectivity index (χ2v) is 8.61. The van der Waals surface area contributed by atoms with E-state index in [1.165, 1.54) is 5.56 Å². The van der Waals surface area contributed by atoms with E-state index in [1.807, 2.05) is 54.3 Å². The minimum atomic E-state index is -0.00822. The number of aromatic nitrogens is 2. The number of benzene rings is 2. The quantitative estimate of drug-likeness (QED) is 0.476. The summed E-state index contributed by atoms with van der Waals surface area (Å²) >= 11 is 3.45. The van der Waals surface area contributed by atoms with Crippen LogP contribution in [0.25, 0.3) is 17.5 Å². The number of methoxy groups -OCH3 is 1. The Hall–Kier alpha value is -2.97. The van der Waals surface area contributed by atoms with Gasteiger partial charge in [0.2, 0.25) is 17.6 Å². The lowest BCUT2D eigenvalue weighted by Gasteiger charge is -2.33. The second kappa shape index (κ2) is 10.1. The molecule has 7 nitrogen and oxygen atoms in total. The number of ether oxygens (including phenoxy) is 1. The van der Waals surface area contributed by atoms with Crippen molar-refractivity contribution >= 4 is 27.9 Å². The second-order valence-electron chi connectivity index (χ2n) is 7.70. The smallest absolute Gasteiger partial charge is 0.246 e. The Bertz CT molecular complexity index is 1100. The summed E-state index contributed by atoms with van der Waals surface area (Å²) in [5.41, 5.74) is 2.99. The lowest BCUT2D eigenvalue weighted by molar-refractivity contribution is -0.127. The van der Waals surface area contributed by atoms with Crippen molar-refractivity contribution in [3.63, 3.8) is 0 Å². The molecule has 1 fully saturated rings. The Labute approximate surface area is 195 Å². The van der Waals surface area contributed by atoms with Crippen molar-refractivity contribution in [2.24, 2.45) is 0 Å². The van der Waals surface area contributed by atoms with Crippen LogP contribution in [0.15, 0.2) is 57.5 Å². The first-order chi connectivity index (χ1) is 15.5. The minimum Gasteiger partial charge on any atom is -0.496 e. The van der Waals surface area contributed by atoms with Gasteiger partial charge in [-0.1, -0.05) is 50.9 Å². The van der Waals surface area contributed by atoms with Gasteiger partial charge in [0.1, 0.15) is 5.75 Å². The van der Waals surface area contributed by atoms with Crippen LogP contribution in [0, 0.1) is 6.92 Å². The molecule has 0 saturated carbocycles. The number of aryl methyl sites for hydroxylation is 1. The van der Waals surface area contributed by atoms with Crippen molar-refractivity contribution in [1.29, 1.82) is 0 Å². The van der Waals surface area contributed by atoms with Crippen LogP contribution in [-0.2, 0) is 11.3 Å². The largest absolute Gasteiger partial charge is 0.496 e. The summed E-state index contributed by atoms with van der Waals surface area (Å²) in [6.45, 7) is 5.43. The van der Waals surface area contributed by atoms with E-state index in [2.05, 4.69) is 31.0 Å². The molecule has 1 saturated heterocycles. The first-order valence-corrected chi connectivity index (χ1v) is 11.2. The summed E-state index contributed by atoms with van der Waals surface area (Å²) in [5, 5.41) is 4.10. The molecule has 0 N–H and O–H groups in total.